The average molecular weight is 313 g/mol. The number of pyridine rings is 1. The lowest BCUT2D eigenvalue weighted by Gasteiger charge is -2.17. The molecule has 5 nitrogen and oxygen atoms in total. The van der Waals surface area contributed by atoms with Crippen molar-refractivity contribution in [1.82, 2.24) is 10.3 Å². The zero-order chi connectivity index (χ0) is 13.1. The molecule has 1 aliphatic rings. The Labute approximate surface area is 113 Å². The molecule has 1 aromatic rings. The van der Waals surface area contributed by atoms with Gasteiger partial charge >= 0.3 is 5.97 Å². The van der Waals surface area contributed by atoms with Gasteiger partial charge in [0.05, 0.1) is 11.5 Å². The van der Waals surface area contributed by atoms with Crippen molar-refractivity contribution in [3.05, 3.63) is 28.5 Å². The van der Waals surface area contributed by atoms with E-state index >= 15 is 0 Å². The summed E-state index contributed by atoms with van der Waals surface area (Å²) in [6, 6.07) is 1.32. The summed E-state index contributed by atoms with van der Waals surface area (Å²) in [6.45, 7) is 0. The van der Waals surface area contributed by atoms with Crippen LogP contribution in [0.5, 0.6) is 0 Å². The maximum atomic E-state index is 12.0. The van der Waals surface area contributed by atoms with Crippen LogP contribution in [0.25, 0.3) is 0 Å². The van der Waals surface area contributed by atoms with E-state index in [0.29, 0.717) is 22.9 Å². The Balaban J connectivity index is 2.08. The predicted molar refractivity (Wildman–Crippen MR) is 68.2 cm³/mol. The molecule has 1 amide bonds. The lowest BCUT2D eigenvalue weighted by atomic mass is 10.0. The molecule has 96 valence electrons. The minimum absolute atomic E-state index is 0.262. The number of aliphatic carboxylic acids is 1. The Morgan fingerprint density at radius 3 is 2.89 bits per heavy atom. The van der Waals surface area contributed by atoms with Gasteiger partial charge in [0, 0.05) is 22.9 Å². The summed E-state index contributed by atoms with van der Waals surface area (Å²) in [5.74, 6) is -1.58. The molecule has 0 unspecified atom stereocenters. The van der Waals surface area contributed by atoms with Gasteiger partial charge in [-0.2, -0.15) is 0 Å². The molecule has 6 heteroatoms. The zero-order valence-electron chi connectivity index (χ0n) is 9.60. The highest BCUT2D eigenvalue weighted by Gasteiger charge is 2.34. The van der Waals surface area contributed by atoms with E-state index in [1.54, 1.807) is 6.07 Å². The van der Waals surface area contributed by atoms with Crippen LogP contribution < -0.4 is 5.32 Å². The first kappa shape index (κ1) is 13.0. The second-order valence-corrected chi connectivity index (χ2v) is 5.17. The van der Waals surface area contributed by atoms with Crippen LogP contribution in [0.1, 0.15) is 29.6 Å². The van der Waals surface area contributed by atoms with Crippen molar-refractivity contribution in [1.29, 1.82) is 0 Å². The van der Waals surface area contributed by atoms with E-state index < -0.39 is 11.9 Å². The largest absolute Gasteiger partial charge is 0.481 e. The number of halogens is 1. The predicted octanol–water partition coefficient (Wildman–Crippen LogP) is 1.83. The van der Waals surface area contributed by atoms with Crippen molar-refractivity contribution in [2.45, 2.75) is 25.3 Å². The van der Waals surface area contributed by atoms with Gasteiger partial charge in [0.25, 0.3) is 5.91 Å². The van der Waals surface area contributed by atoms with Gasteiger partial charge in [-0.1, -0.05) is 6.42 Å². The molecule has 0 aromatic carbocycles. The van der Waals surface area contributed by atoms with Gasteiger partial charge < -0.3 is 10.4 Å². The second kappa shape index (κ2) is 5.48. The molecule has 1 aromatic heterocycles. The van der Waals surface area contributed by atoms with Crippen molar-refractivity contribution in [2.75, 3.05) is 0 Å². The lowest BCUT2D eigenvalue weighted by Crippen LogP contribution is -2.40. The molecule has 0 radical (unpaired) electrons. The maximum Gasteiger partial charge on any atom is 0.308 e. The van der Waals surface area contributed by atoms with Gasteiger partial charge in [-0.3, -0.25) is 14.6 Å². The second-order valence-electron chi connectivity index (χ2n) is 4.31. The van der Waals surface area contributed by atoms with Crippen LogP contribution in [0.3, 0.4) is 0 Å². The molecule has 2 atom stereocenters. The number of carboxylic acid groups (broad SMARTS) is 1. The summed E-state index contributed by atoms with van der Waals surface area (Å²) >= 11 is 3.25. The fourth-order valence-corrected chi connectivity index (χ4v) is 2.66. The molecule has 1 saturated carbocycles. The molecule has 1 aliphatic carbocycles. The number of carbonyl (C=O) groups is 2. The number of carbonyl (C=O) groups excluding carboxylic acids is 1. The minimum atomic E-state index is -0.841. The smallest absolute Gasteiger partial charge is 0.308 e. The number of rotatable bonds is 3. The van der Waals surface area contributed by atoms with E-state index in [-0.39, 0.29) is 11.9 Å². The van der Waals surface area contributed by atoms with Crippen LogP contribution in [-0.4, -0.2) is 28.0 Å². The summed E-state index contributed by atoms with van der Waals surface area (Å²) in [5, 5.41) is 11.8. The summed E-state index contributed by atoms with van der Waals surface area (Å²) in [4.78, 5) is 26.9. The summed E-state index contributed by atoms with van der Waals surface area (Å²) < 4.78 is 0.604. The zero-order valence-corrected chi connectivity index (χ0v) is 11.2. The van der Waals surface area contributed by atoms with Gasteiger partial charge in [0.1, 0.15) is 0 Å². The fourth-order valence-electron chi connectivity index (χ4n) is 2.23. The average Bonchev–Trinajstić information content (AvgIpc) is 2.77. The molecule has 1 heterocycles. The van der Waals surface area contributed by atoms with Crippen molar-refractivity contribution < 1.29 is 14.7 Å². The molecular formula is C12H13BrN2O3. The standard InChI is InChI=1S/C12H13BrN2O3/c13-9-6-14-5-4-7(9)11(16)15-10-3-1-2-8(10)12(17)18/h4-6,8,10H,1-3H2,(H,15,16)(H,17,18)/t8-,10+/m1/s1. The first-order chi connectivity index (χ1) is 8.59. The van der Waals surface area contributed by atoms with Crippen molar-refractivity contribution >= 4 is 27.8 Å². The van der Waals surface area contributed by atoms with Crippen LogP contribution in [0.4, 0.5) is 0 Å². The van der Waals surface area contributed by atoms with Crippen LogP contribution in [0.2, 0.25) is 0 Å². The SMILES string of the molecule is O=C(N[C@H]1CCC[C@H]1C(=O)O)c1ccncc1Br. The Hall–Kier alpha value is -1.43. The molecule has 2 N–H and O–H groups in total. The Bertz CT molecular complexity index is 478. The number of nitrogens with one attached hydrogen (secondary N) is 1. The molecule has 1 fully saturated rings. The monoisotopic (exact) mass is 312 g/mol. The number of amides is 1. The highest BCUT2D eigenvalue weighted by Crippen LogP contribution is 2.26. The molecule has 0 saturated heterocycles. The Morgan fingerprint density at radius 1 is 1.44 bits per heavy atom. The van der Waals surface area contributed by atoms with Gasteiger partial charge in [-0.15, -0.1) is 0 Å². The van der Waals surface area contributed by atoms with Gasteiger partial charge in [-0.05, 0) is 34.8 Å². The number of hydrogen-bond acceptors (Lipinski definition) is 3. The molecule has 0 spiro atoms. The number of hydrogen-bond donors (Lipinski definition) is 2. The third-order valence-electron chi connectivity index (χ3n) is 3.17. The number of carboxylic acids is 1. The summed E-state index contributed by atoms with van der Waals surface area (Å²) in [5.41, 5.74) is 0.473. The molecule has 0 aliphatic heterocycles. The topological polar surface area (TPSA) is 79.3 Å². The van der Waals surface area contributed by atoms with Crippen LogP contribution in [0, 0.1) is 5.92 Å². The lowest BCUT2D eigenvalue weighted by molar-refractivity contribution is -0.142. The van der Waals surface area contributed by atoms with Gasteiger partial charge in [-0.25, -0.2) is 0 Å². The third kappa shape index (κ3) is 2.69. The first-order valence-electron chi connectivity index (χ1n) is 5.73. The molecular weight excluding hydrogens is 300 g/mol. The van der Waals surface area contributed by atoms with E-state index in [4.69, 9.17) is 5.11 Å². The molecule has 2 rings (SSSR count). The summed E-state index contributed by atoms with van der Waals surface area (Å²) in [7, 11) is 0. The maximum absolute atomic E-state index is 12.0. The highest BCUT2D eigenvalue weighted by molar-refractivity contribution is 9.10. The normalized spacial score (nSPS) is 22.7. The van der Waals surface area contributed by atoms with Crippen LogP contribution >= 0.6 is 15.9 Å². The van der Waals surface area contributed by atoms with Crippen molar-refractivity contribution in [2.24, 2.45) is 5.92 Å². The minimum Gasteiger partial charge on any atom is -0.481 e. The van der Waals surface area contributed by atoms with Gasteiger partial charge in [0.2, 0.25) is 0 Å². The highest BCUT2D eigenvalue weighted by atomic mass is 79.9. The fraction of sp³-hybridized carbons (Fsp3) is 0.417. The Morgan fingerprint density at radius 2 is 2.22 bits per heavy atom. The summed E-state index contributed by atoms with van der Waals surface area (Å²) in [6.07, 6.45) is 5.24. The van der Waals surface area contributed by atoms with Crippen molar-refractivity contribution in [3.63, 3.8) is 0 Å². The quantitative estimate of drug-likeness (QED) is 0.892. The van der Waals surface area contributed by atoms with Crippen LogP contribution in [-0.2, 0) is 4.79 Å². The van der Waals surface area contributed by atoms with Crippen LogP contribution in [0.15, 0.2) is 22.9 Å². The third-order valence-corrected chi connectivity index (χ3v) is 3.80. The van der Waals surface area contributed by atoms with E-state index in [1.807, 2.05) is 0 Å². The van der Waals surface area contributed by atoms with E-state index in [2.05, 4.69) is 26.2 Å². The molecule has 18 heavy (non-hydrogen) atoms. The van der Waals surface area contributed by atoms with Gasteiger partial charge in [0.15, 0.2) is 0 Å². The van der Waals surface area contributed by atoms with E-state index in [1.165, 1.54) is 12.4 Å². The molecule has 0 bridgehead atoms. The number of nitrogens with zero attached hydrogens (tertiary/aromatic N) is 1. The first-order valence-corrected chi connectivity index (χ1v) is 6.52. The van der Waals surface area contributed by atoms with E-state index in [9.17, 15) is 9.59 Å². The van der Waals surface area contributed by atoms with Crippen molar-refractivity contribution in [3.8, 4) is 0 Å². The van der Waals surface area contributed by atoms with E-state index in [0.717, 1.165) is 6.42 Å². The Kier molecular flexibility index (Phi) is 3.96. The number of aromatic nitrogens is 1.